The maximum Gasteiger partial charge on any atom is 0.246 e. The Hall–Kier alpha value is -4.20. The first-order valence-electron chi connectivity index (χ1n) is 17.2. The van der Waals surface area contributed by atoms with E-state index in [-0.39, 0.29) is 31.5 Å². The number of aromatic hydroxyl groups is 1. The second-order valence-corrected chi connectivity index (χ2v) is 14.9. The monoisotopic (exact) mass is 752 g/mol. The van der Waals surface area contributed by atoms with E-state index < -0.39 is 23.4 Å². The van der Waals surface area contributed by atoms with Gasteiger partial charge in [0, 0.05) is 21.7 Å². The average molecular weight is 753 g/mol. The molecule has 3 aromatic carbocycles. The van der Waals surface area contributed by atoms with Gasteiger partial charge in [-0.1, -0.05) is 44.5 Å². The molecule has 0 radical (unpaired) electrons. The zero-order chi connectivity index (χ0) is 37.1. The van der Waals surface area contributed by atoms with E-state index in [1.165, 1.54) is 11.3 Å². The standard InChI is InChI=1S/C39H45ClN2O9S/c1-39(2,3)37(38(46)42-16-4-5-28(42)24-43)41-34(45)25-49-20-19-47-17-18-48-21-22-50-30-11-13-31(14-12-30)51-35-32-15-10-29(44)23-33(32)52-36(35)26-6-8-27(40)9-7-26/h6-15,23-24,28,37,44H,4-5,16-22,25H2,1-3H3,(H,41,45)/t28-,37?/m0/s1. The number of ether oxygens (including phenoxy) is 5. The van der Waals surface area contributed by atoms with Gasteiger partial charge in [-0.2, -0.15) is 0 Å². The number of fused-ring (bicyclic) bond motifs is 1. The molecule has 2 amide bonds. The quantitative estimate of drug-likeness (QED) is 0.0826. The lowest BCUT2D eigenvalue weighted by molar-refractivity contribution is -0.142. The number of carbonyl (C=O) groups is 3. The number of hydrogen-bond acceptors (Lipinski definition) is 10. The zero-order valence-corrected chi connectivity index (χ0v) is 31.2. The first-order valence-corrected chi connectivity index (χ1v) is 18.4. The normalized spacial score (nSPS) is 15.1. The molecule has 13 heteroatoms. The van der Waals surface area contributed by atoms with Gasteiger partial charge in [-0.3, -0.25) is 9.59 Å². The van der Waals surface area contributed by atoms with Gasteiger partial charge in [-0.15, -0.1) is 11.3 Å². The molecule has 2 heterocycles. The van der Waals surface area contributed by atoms with E-state index >= 15 is 0 Å². The van der Waals surface area contributed by atoms with Crippen molar-refractivity contribution < 1.29 is 43.2 Å². The molecule has 1 aromatic heterocycles. The van der Waals surface area contributed by atoms with Crippen LogP contribution < -0.4 is 14.8 Å². The Morgan fingerprint density at radius 3 is 2.27 bits per heavy atom. The summed E-state index contributed by atoms with van der Waals surface area (Å²) in [6.45, 7) is 7.86. The van der Waals surface area contributed by atoms with Crippen LogP contribution in [0.3, 0.4) is 0 Å². The summed E-state index contributed by atoms with van der Waals surface area (Å²) in [7, 11) is 0. The summed E-state index contributed by atoms with van der Waals surface area (Å²) in [6, 6.07) is 18.9. The maximum atomic E-state index is 13.1. The minimum absolute atomic E-state index is 0.195. The Bertz CT molecular complexity index is 1790. The van der Waals surface area contributed by atoms with Crippen molar-refractivity contribution in [2.24, 2.45) is 5.41 Å². The first-order chi connectivity index (χ1) is 25.0. The number of rotatable bonds is 18. The van der Waals surface area contributed by atoms with Gasteiger partial charge in [-0.05, 0) is 78.4 Å². The minimum atomic E-state index is -0.764. The Morgan fingerprint density at radius 1 is 0.942 bits per heavy atom. The van der Waals surface area contributed by atoms with E-state index in [4.69, 9.17) is 35.3 Å². The Balaban J connectivity index is 0.959. The number of phenolic OH excluding ortho intramolecular Hbond substituents is 1. The van der Waals surface area contributed by atoms with Crippen LogP contribution in [0, 0.1) is 5.41 Å². The highest BCUT2D eigenvalue weighted by atomic mass is 35.5. The van der Waals surface area contributed by atoms with Gasteiger partial charge in [0.2, 0.25) is 11.8 Å². The molecule has 278 valence electrons. The SMILES string of the molecule is CC(C)(C)C(NC(=O)COCCOCCOCCOc1ccc(Oc2c(-c3ccc(Cl)cc3)sc3cc(O)ccc23)cc1)C(=O)N1CCC[C@H]1C=O. The number of nitrogens with zero attached hydrogens (tertiary/aromatic N) is 1. The average Bonchev–Trinajstić information content (AvgIpc) is 3.74. The van der Waals surface area contributed by atoms with Crippen molar-refractivity contribution >= 4 is 51.1 Å². The van der Waals surface area contributed by atoms with Crippen LogP contribution in [0.25, 0.3) is 20.5 Å². The molecule has 1 unspecified atom stereocenters. The Morgan fingerprint density at radius 2 is 1.60 bits per heavy atom. The molecular formula is C39H45ClN2O9S. The highest BCUT2D eigenvalue weighted by molar-refractivity contribution is 7.22. The lowest BCUT2D eigenvalue weighted by Gasteiger charge is -2.34. The summed E-state index contributed by atoms with van der Waals surface area (Å²) in [5.41, 5.74) is 0.432. The molecule has 5 rings (SSSR count). The van der Waals surface area contributed by atoms with Crippen LogP contribution in [0.4, 0.5) is 0 Å². The van der Waals surface area contributed by atoms with Crippen LogP contribution in [-0.4, -0.2) is 93.0 Å². The lowest BCUT2D eigenvalue weighted by atomic mass is 9.85. The molecule has 52 heavy (non-hydrogen) atoms. The summed E-state index contributed by atoms with van der Waals surface area (Å²) in [5, 5.41) is 14.4. The van der Waals surface area contributed by atoms with Crippen molar-refractivity contribution in [3.63, 3.8) is 0 Å². The van der Waals surface area contributed by atoms with Crippen molar-refractivity contribution in [1.29, 1.82) is 0 Å². The van der Waals surface area contributed by atoms with E-state index in [0.717, 1.165) is 33.2 Å². The molecule has 0 bridgehead atoms. The second kappa shape index (κ2) is 18.5. The molecule has 2 atom stereocenters. The molecule has 1 fully saturated rings. The van der Waals surface area contributed by atoms with Gasteiger partial charge >= 0.3 is 0 Å². The highest BCUT2D eigenvalue weighted by Gasteiger charge is 2.39. The van der Waals surface area contributed by atoms with Gasteiger partial charge in [-0.25, -0.2) is 0 Å². The van der Waals surface area contributed by atoms with Crippen molar-refractivity contribution in [1.82, 2.24) is 10.2 Å². The van der Waals surface area contributed by atoms with Crippen molar-refractivity contribution in [3.8, 4) is 33.4 Å². The van der Waals surface area contributed by atoms with E-state index in [0.29, 0.717) is 61.7 Å². The third kappa shape index (κ3) is 10.7. The number of thiophene rings is 1. The minimum Gasteiger partial charge on any atom is -0.508 e. The largest absolute Gasteiger partial charge is 0.508 e. The third-order valence-electron chi connectivity index (χ3n) is 8.41. The fraction of sp³-hybridized carbons (Fsp3) is 0.410. The number of likely N-dealkylation sites (tertiary alicyclic amines) is 1. The summed E-state index contributed by atoms with van der Waals surface area (Å²) in [5.74, 6) is 1.56. The molecule has 11 nitrogen and oxygen atoms in total. The van der Waals surface area contributed by atoms with E-state index in [2.05, 4.69) is 5.32 Å². The van der Waals surface area contributed by atoms with Crippen molar-refractivity contribution in [2.75, 3.05) is 52.8 Å². The summed E-state index contributed by atoms with van der Waals surface area (Å²) in [6.07, 6.45) is 2.21. The number of hydrogen-bond donors (Lipinski definition) is 2. The molecule has 0 aliphatic carbocycles. The molecule has 2 N–H and O–H groups in total. The number of halogens is 1. The number of aldehydes is 1. The molecule has 0 spiro atoms. The number of carbonyl (C=O) groups excluding carboxylic acids is 3. The number of nitrogens with one attached hydrogen (secondary N) is 1. The van der Waals surface area contributed by atoms with Crippen molar-refractivity contribution in [3.05, 3.63) is 71.8 Å². The maximum absolute atomic E-state index is 13.1. The van der Waals surface area contributed by atoms with Crippen LogP contribution in [0.15, 0.2) is 66.7 Å². The van der Waals surface area contributed by atoms with E-state index in [9.17, 15) is 19.5 Å². The molecule has 4 aromatic rings. The Labute approximate surface area is 312 Å². The van der Waals surface area contributed by atoms with E-state index in [1.807, 2.05) is 75.4 Å². The zero-order valence-electron chi connectivity index (χ0n) is 29.6. The second-order valence-electron chi connectivity index (χ2n) is 13.4. The third-order valence-corrected chi connectivity index (χ3v) is 9.84. The molecule has 1 aliphatic heterocycles. The molecule has 0 saturated carbocycles. The molecule has 1 saturated heterocycles. The predicted octanol–water partition coefficient (Wildman–Crippen LogP) is 6.87. The van der Waals surface area contributed by atoms with Crippen molar-refractivity contribution in [2.45, 2.75) is 45.7 Å². The van der Waals surface area contributed by atoms with Crippen LogP contribution in [-0.2, 0) is 28.6 Å². The summed E-state index contributed by atoms with van der Waals surface area (Å²) < 4.78 is 29.7. The highest BCUT2D eigenvalue weighted by Crippen LogP contribution is 2.47. The number of benzene rings is 3. The van der Waals surface area contributed by atoms with Gasteiger partial charge in [0.25, 0.3) is 0 Å². The van der Waals surface area contributed by atoms with Gasteiger partial charge in [0.15, 0.2) is 5.75 Å². The van der Waals surface area contributed by atoms with Crippen LogP contribution >= 0.6 is 22.9 Å². The van der Waals surface area contributed by atoms with Gasteiger partial charge in [0.1, 0.15) is 42.8 Å². The molecule has 1 aliphatic rings. The van der Waals surface area contributed by atoms with Gasteiger partial charge in [0.05, 0.1) is 44.0 Å². The first kappa shape index (κ1) is 39.0. The molecular weight excluding hydrogens is 708 g/mol. The van der Waals surface area contributed by atoms with Gasteiger partial charge < -0.3 is 43.8 Å². The van der Waals surface area contributed by atoms with Crippen LogP contribution in [0.5, 0.6) is 23.0 Å². The van der Waals surface area contributed by atoms with Crippen LogP contribution in [0.2, 0.25) is 5.02 Å². The summed E-state index contributed by atoms with van der Waals surface area (Å²) >= 11 is 7.65. The number of amides is 2. The Kier molecular flexibility index (Phi) is 13.9. The number of phenols is 1. The summed E-state index contributed by atoms with van der Waals surface area (Å²) in [4.78, 5) is 39.5. The van der Waals surface area contributed by atoms with E-state index in [1.54, 1.807) is 17.0 Å². The topological polar surface area (TPSA) is 133 Å². The lowest BCUT2D eigenvalue weighted by Crippen LogP contribution is -2.56. The fourth-order valence-electron chi connectivity index (χ4n) is 5.72. The predicted molar refractivity (Wildman–Crippen MR) is 201 cm³/mol. The van der Waals surface area contributed by atoms with Crippen LogP contribution in [0.1, 0.15) is 33.6 Å². The smallest absolute Gasteiger partial charge is 0.246 e. The fourth-order valence-corrected chi connectivity index (χ4v) is 7.02.